The van der Waals surface area contributed by atoms with Crippen molar-refractivity contribution in [1.82, 2.24) is 10.2 Å². The molecule has 2 aliphatic heterocycles. The zero-order chi connectivity index (χ0) is 18.3. The highest BCUT2D eigenvalue weighted by Crippen LogP contribution is 2.33. The Balaban J connectivity index is 1.52. The number of para-hydroxylation sites is 1. The highest BCUT2D eigenvalue weighted by molar-refractivity contribution is 6.03. The number of piperidine rings is 1. The minimum absolute atomic E-state index is 0.0406. The number of aryl methyl sites for hydroxylation is 2. The lowest BCUT2D eigenvalue weighted by molar-refractivity contribution is 0.0639. The maximum absolute atomic E-state index is 12.8. The quantitative estimate of drug-likeness (QED) is 0.832. The van der Waals surface area contributed by atoms with Crippen LogP contribution in [0.1, 0.15) is 44.7 Å². The predicted octanol–water partition coefficient (Wildman–Crippen LogP) is 3.09. The van der Waals surface area contributed by atoms with Gasteiger partial charge in [0.2, 0.25) is 0 Å². The van der Waals surface area contributed by atoms with Crippen LogP contribution in [-0.2, 0) is 0 Å². The van der Waals surface area contributed by atoms with E-state index in [0.29, 0.717) is 31.5 Å². The summed E-state index contributed by atoms with van der Waals surface area (Å²) >= 11 is 0. The van der Waals surface area contributed by atoms with Crippen LogP contribution in [0.15, 0.2) is 42.5 Å². The van der Waals surface area contributed by atoms with Gasteiger partial charge in [0.15, 0.2) is 0 Å². The van der Waals surface area contributed by atoms with Gasteiger partial charge in [-0.05, 0) is 37.1 Å². The molecule has 0 saturated carbocycles. The fourth-order valence-corrected chi connectivity index (χ4v) is 3.90. The van der Waals surface area contributed by atoms with E-state index >= 15 is 0 Å². The summed E-state index contributed by atoms with van der Waals surface area (Å²) in [5.41, 5.74) is 3.94. The van der Waals surface area contributed by atoms with E-state index in [2.05, 4.69) is 10.6 Å². The van der Waals surface area contributed by atoms with Crippen molar-refractivity contribution in [1.29, 1.82) is 0 Å². The number of anilines is 1. The Hall–Kier alpha value is -2.82. The van der Waals surface area contributed by atoms with Crippen LogP contribution in [0.4, 0.5) is 5.69 Å². The normalized spacial score (nSPS) is 18.1. The largest absolute Gasteiger partial charge is 0.362 e. The molecule has 5 nitrogen and oxygen atoms in total. The topological polar surface area (TPSA) is 61.4 Å². The summed E-state index contributed by atoms with van der Waals surface area (Å²) in [6.45, 7) is 5.19. The third-order valence-corrected chi connectivity index (χ3v) is 5.51. The van der Waals surface area contributed by atoms with Gasteiger partial charge in [0.05, 0.1) is 11.3 Å². The zero-order valence-corrected chi connectivity index (χ0v) is 15.1. The molecule has 0 atom stereocenters. The van der Waals surface area contributed by atoms with Crippen molar-refractivity contribution < 1.29 is 9.59 Å². The molecule has 0 aliphatic carbocycles. The lowest BCUT2D eigenvalue weighted by Gasteiger charge is -2.46. The molecular weight excluding hydrogens is 326 g/mol. The van der Waals surface area contributed by atoms with Crippen LogP contribution in [0.25, 0.3) is 0 Å². The summed E-state index contributed by atoms with van der Waals surface area (Å²) in [7, 11) is 0. The molecule has 2 N–H and O–H groups in total. The monoisotopic (exact) mass is 349 g/mol. The van der Waals surface area contributed by atoms with E-state index < -0.39 is 5.66 Å². The molecule has 2 aromatic rings. The summed E-state index contributed by atoms with van der Waals surface area (Å²) in [5.74, 6) is 0.0257. The van der Waals surface area contributed by atoms with Gasteiger partial charge in [-0.1, -0.05) is 30.3 Å². The average molecular weight is 349 g/mol. The fraction of sp³-hybridized carbons (Fsp3) is 0.333. The van der Waals surface area contributed by atoms with Gasteiger partial charge in [-0.2, -0.15) is 0 Å². The van der Waals surface area contributed by atoms with Gasteiger partial charge in [0.1, 0.15) is 5.66 Å². The molecule has 4 rings (SSSR count). The number of benzene rings is 2. The van der Waals surface area contributed by atoms with Crippen molar-refractivity contribution in [3.63, 3.8) is 0 Å². The standard InChI is InChI=1S/C21H23N3O2/c1-14-6-3-4-8-16(14)20(26)24-12-10-21(11-13-24)22-18-15(2)7-5-9-17(18)19(25)23-21/h3-9,22H,10-13H2,1-2H3,(H,23,25). The van der Waals surface area contributed by atoms with E-state index in [-0.39, 0.29) is 11.8 Å². The number of likely N-dealkylation sites (tertiary alicyclic amines) is 1. The van der Waals surface area contributed by atoms with Crippen LogP contribution >= 0.6 is 0 Å². The van der Waals surface area contributed by atoms with Crippen molar-refractivity contribution in [3.8, 4) is 0 Å². The second-order valence-electron chi connectivity index (χ2n) is 7.27. The number of rotatable bonds is 1. The average Bonchev–Trinajstić information content (AvgIpc) is 2.63. The number of nitrogens with zero attached hydrogens (tertiary/aromatic N) is 1. The van der Waals surface area contributed by atoms with Crippen LogP contribution in [0.2, 0.25) is 0 Å². The number of carbonyl (C=O) groups is 2. The van der Waals surface area contributed by atoms with Crippen LogP contribution in [0.5, 0.6) is 0 Å². The SMILES string of the molecule is Cc1ccccc1C(=O)N1CCC2(CC1)NC(=O)c1cccc(C)c1N2. The minimum Gasteiger partial charge on any atom is -0.362 e. The Morgan fingerprint density at radius 1 is 0.962 bits per heavy atom. The fourth-order valence-electron chi connectivity index (χ4n) is 3.90. The Kier molecular flexibility index (Phi) is 3.94. The predicted molar refractivity (Wildman–Crippen MR) is 101 cm³/mol. The van der Waals surface area contributed by atoms with Gasteiger partial charge in [-0.3, -0.25) is 9.59 Å². The molecule has 1 saturated heterocycles. The van der Waals surface area contributed by atoms with E-state index in [1.54, 1.807) is 0 Å². The maximum Gasteiger partial charge on any atom is 0.255 e. The van der Waals surface area contributed by atoms with Crippen molar-refractivity contribution >= 4 is 17.5 Å². The first-order valence-corrected chi connectivity index (χ1v) is 9.04. The third-order valence-electron chi connectivity index (χ3n) is 5.51. The van der Waals surface area contributed by atoms with Gasteiger partial charge < -0.3 is 15.5 Å². The number of nitrogens with one attached hydrogen (secondary N) is 2. The highest BCUT2D eigenvalue weighted by atomic mass is 16.2. The molecule has 2 aliphatic rings. The van der Waals surface area contributed by atoms with Crippen molar-refractivity contribution in [2.45, 2.75) is 32.4 Å². The van der Waals surface area contributed by atoms with Crippen molar-refractivity contribution in [2.75, 3.05) is 18.4 Å². The molecule has 1 spiro atoms. The minimum atomic E-state index is -0.474. The van der Waals surface area contributed by atoms with Crippen LogP contribution in [-0.4, -0.2) is 35.5 Å². The molecule has 0 aromatic heterocycles. The second-order valence-corrected chi connectivity index (χ2v) is 7.27. The van der Waals surface area contributed by atoms with Crippen LogP contribution in [0, 0.1) is 13.8 Å². The zero-order valence-electron chi connectivity index (χ0n) is 15.1. The Bertz CT molecular complexity index is 883. The molecule has 0 radical (unpaired) electrons. The molecule has 2 amide bonds. The first-order chi connectivity index (χ1) is 12.5. The molecule has 2 aromatic carbocycles. The first kappa shape index (κ1) is 16.6. The summed E-state index contributed by atoms with van der Waals surface area (Å²) in [6, 6.07) is 13.4. The van der Waals surface area contributed by atoms with Gasteiger partial charge >= 0.3 is 0 Å². The van der Waals surface area contributed by atoms with Crippen LogP contribution in [0.3, 0.4) is 0 Å². The smallest absolute Gasteiger partial charge is 0.255 e. The molecule has 1 fully saturated rings. The number of amides is 2. The molecular formula is C21H23N3O2. The number of fused-ring (bicyclic) bond motifs is 1. The van der Waals surface area contributed by atoms with E-state index in [1.165, 1.54) is 0 Å². The maximum atomic E-state index is 12.8. The summed E-state index contributed by atoms with van der Waals surface area (Å²) in [5, 5.41) is 6.69. The second kappa shape index (κ2) is 6.16. The Labute approximate surface area is 153 Å². The first-order valence-electron chi connectivity index (χ1n) is 9.04. The van der Waals surface area contributed by atoms with E-state index in [1.807, 2.05) is 61.2 Å². The third kappa shape index (κ3) is 2.73. The summed E-state index contributed by atoms with van der Waals surface area (Å²) < 4.78 is 0. The van der Waals surface area contributed by atoms with Crippen LogP contribution < -0.4 is 10.6 Å². The Morgan fingerprint density at radius 2 is 1.65 bits per heavy atom. The molecule has 0 unspecified atom stereocenters. The van der Waals surface area contributed by atoms with Crippen molar-refractivity contribution in [3.05, 3.63) is 64.7 Å². The highest BCUT2D eigenvalue weighted by Gasteiger charge is 2.41. The Morgan fingerprint density at radius 3 is 2.38 bits per heavy atom. The molecule has 2 heterocycles. The molecule has 134 valence electrons. The van der Waals surface area contributed by atoms with Gasteiger partial charge in [0.25, 0.3) is 11.8 Å². The number of carbonyl (C=O) groups excluding carboxylic acids is 2. The van der Waals surface area contributed by atoms with Gasteiger partial charge in [-0.15, -0.1) is 0 Å². The lowest BCUT2D eigenvalue weighted by atomic mass is 9.91. The molecule has 5 heteroatoms. The van der Waals surface area contributed by atoms with Gasteiger partial charge in [-0.25, -0.2) is 0 Å². The lowest BCUT2D eigenvalue weighted by Crippen LogP contribution is -2.62. The van der Waals surface area contributed by atoms with E-state index in [9.17, 15) is 9.59 Å². The number of hydrogen-bond donors (Lipinski definition) is 2. The van der Waals surface area contributed by atoms with E-state index in [0.717, 1.165) is 22.4 Å². The molecule has 26 heavy (non-hydrogen) atoms. The molecule has 0 bridgehead atoms. The number of hydrogen-bond acceptors (Lipinski definition) is 3. The van der Waals surface area contributed by atoms with E-state index in [4.69, 9.17) is 0 Å². The summed E-state index contributed by atoms with van der Waals surface area (Å²) in [4.78, 5) is 27.3. The summed E-state index contributed by atoms with van der Waals surface area (Å²) in [6.07, 6.45) is 1.37. The van der Waals surface area contributed by atoms with Gasteiger partial charge in [0, 0.05) is 31.5 Å². The van der Waals surface area contributed by atoms with Crippen molar-refractivity contribution in [2.24, 2.45) is 0 Å².